The Morgan fingerprint density at radius 1 is 1.35 bits per heavy atom. The Hall–Kier alpha value is -1.93. The molecule has 0 aliphatic heterocycles. The Morgan fingerprint density at radius 2 is 2.00 bits per heavy atom. The van der Waals surface area contributed by atoms with E-state index >= 15 is 0 Å². The molecule has 0 radical (unpaired) electrons. The van der Waals surface area contributed by atoms with Crippen LogP contribution in [0.5, 0.6) is 0 Å². The largest absolute Gasteiger partial charge is 0.461 e. The van der Waals surface area contributed by atoms with Crippen molar-refractivity contribution in [1.82, 2.24) is 4.98 Å². The quantitative estimate of drug-likeness (QED) is 0.863. The average Bonchev–Trinajstić information content (AvgIpc) is 2.83. The maximum atomic E-state index is 12.5. The minimum atomic E-state index is -3.84. The number of hydrogen-bond acceptors (Lipinski definition) is 7. The third-order valence-electron chi connectivity index (χ3n) is 2.38. The number of nitrogens with two attached hydrogens (primary N) is 1. The van der Waals surface area contributed by atoms with Crippen molar-refractivity contribution in [1.29, 1.82) is 0 Å². The maximum Gasteiger partial charge on any atom is 0.359 e. The van der Waals surface area contributed by atoms with Gasteiger partial charge in [0.15, 0.2) is 15.0 Å². The van der Waals surface area contributed by atoms with E-state index in [0.717, 1.165) is 11.3 Å². The molecular formula is C12H12N2O4S2. The van der Waals surface area contributed by atoms with Gasteiger partial charge in [-0.05, 0) is 19.1 Å². The number of thiazole rings is 1. The van der Waals surface area contributed by atoms with Crippen LogP contribution in [0.1, 0.15) is 17.4 Å². The van der Waals surface area contributed by atoms with Crippen LogP contribution < -0.4 is 5.73 Å². The predicted molar refractivity (Wildman–Crippen MR) is 74.4 cm³/mol. The molecule has 2 N–H and O–H groups in total. The Labute approximate surface area is 120 Å². The molecule has 106 valence electrons. The van der Waals surface area contributed by atoms with Crippen LogP contribution in [0.2, 0.25) is 0 Å². The Bertz CT molecular complexity index is 723. The lowest BCUT2D eigenvalue weighted by atomic mass is 10.4. The third-order valence-corrected chi connectivity index (χ3v) is 5.54. The van der Waals surface area contributed by atoms with Gasteiger partial charge in [-0.2, -0.15) is 0 Å². The van der Waals surface area contributed by atoms with Gasteiger partial charge in [0.05, 0.1) is 11.5 Å². The lowest BCUT2D eigenvalue weighted by molar-refractivity contribution is 0.0516. The maximum absolute atomic E-state index is 12.5. The van der Waals surface area contributed by atoms with Gasteiger partial charge in [0.1, 0.15) is 0 Å². The van der Waals surface area contributed by atoms with Crippen molar-refractivity contribution in [2.45, 2.75) is 16.0 Å². The first kappa shape index (κ1) is 14.5. The summed E-state index contributed by atoms with van der Waals surface area (Å²) in [4.78, 5) is 15.6. The highest BCUT2D eigenvalue weighted by molar-refractivity contribution is 7.93. The first-order valence-electron chi connectivity index (χ1n) is 5.70. The summed E-state index contributed by atoms with van der Waals surface area (Å²) in [7, 11) is -3.84. The summed E-state index contributed by atoms with van der Waals surface area (Å²) in [5.41, 5.74) is 5.26. The van der Waals surface area contributed by atoms with Gasteiger partial charge in [0.25, 0.3) is 0 Å². The molecule has 1 heterocycles. The molecule has 0 bridgehead atoms. The topological polar surface area (TPSA) is 99.3 Å². The number of rotatable bonds is 4. The van der Waals surface area contributed by atoms with Gasteiger partial charge in [0.2, 0.25) is 9.84 Å². The van der Waals surface area contributed by atoms with Crippen LogP contribution in [0, 0.1) is 0 Å². The van der Waals surface area contributed by atoms with Crippen LogP contribution in [-0.2, 0) is 14.6 Å². The fourth-order valence-corrected chi connectivity index (χ4v) is 4.19. The molecule has 0 spiro atoms. The second kappa shape index (κ2) is 5.59. The highest BCUT2D eigenvalue weighted by atomic mass is 32.2. The molecule has 8 heteroatoms. The number of esters is 1. The van der Waals surface area contributed by atoms with E-state index in [1.807, 2.05) is 0 Å². The van der Waals surface area contributed by atoms with Gasteiger partial charge in [-0.3, -0.25) is 0 Å². The smallest absolute Gasteiger partial charge is 0.359 e. The van der Waals surface area contributed by atoms with Crippen molar-refractivity contribution < 1.29 is 17.9 Å². The van der Waals surface area contributed by atoms with Crippen molar-refractivity contribution in [3.05, 3.63) is 36.0 Å². The Kier molecular flexibility index (Phi) is 4.05. The van der Waals surface area contributed by atoms with Crippen molar-refractivity contribution in [2.75, 3.05) is 12.3 Å². The molecule has 0 unspecified atom stereocenters. The molecule has 0 aliphatic carbocycles. The molecule has 2 aromatic rings. The summed E-state index contributed by atoms with van der Waals surface area (Å²) in [6.45, 7) is 1.75. The molecule has 0 fully saturated rings. The van der Waals surface area contributed by atoms with E-state index in [-0.39, 0.29) is 26.5 Å². The Morgan fingerprint density at radius 3 is 2.60 bits per heavy atom. The van der Waals surface area contributed by atoms with E-state index in [9.17, 15) is 13.2 Å². The summed E-state index contributed by atoms with van der Waals surface area (Å²) >= 11 is 0.748. The van der Waals surface area contributed by atoms with Gasteiger partial charge in [0, 0.05) is 0 Å². The summed E-state index contributed by atoms with van der Waals surface area (Å²) < 4.78 is 29.6. The summed E-state index contributed by atoms with van der Waals surface area (Å²) in [6.07, 6.45) is 0. The van der Waals surface area contributed by atoms with Gasteiger partial charge < -0.3 is 10.5 Å². The van der Waals surface area contributed by atoms with E-state index in [2.05, 4.69) is 4.98 Å². The number of hydrogen-bond donors (Lipinski definition) is 1. The number of ether oxygens (including phenoxy) is 1. The van der Waals surface area contributed by atoms with Crippen molar-refractivity contribution in [2.24, 2.45) is 0 Å². The highest BCUT2D eigenvalue weighted by Gasteiger charge is 2.29. The molecule has 20 heavy (non-hydrogen) atoms. The van der Waals surface area contributed by atoms with Gasteiger partial charge in [-0.25, -0.2) is 18.2 Å². The fourth-order valence-electron chi connectivity index (χ4n) is 1.54. The minimum absolute atomic E-state index is 0.00237. The van der Waals surface area contributed by atoms with Crippen LogP contribution in [-0.4, -0.2) is 26.0 Å². The lowest BCUT2D eigenvalue weighted by Gasteiger charge is -2.04. The number of sulfone groups is 1. The van der Waals surface area contributed by atoms with Crippen LogP contribution in [0.15, 0.2) is 39.4 Å². The summed E-state index contributed by atoms with van der Waals surface area (Å²) in [5.74, 6) is -0.796. The lowest BCUT2D eigenvalue weighted by Crippen LogP contribution is -2.11. The van der Waals surface area contributed by atoms with Gasteiger partial charge >= 0.3 is 5.97 Å². The number of nitrogen functional groups attached to an aromatic ring is 1. The molecule has 2 rings (SSSR count). The van der Waals surface area contributed by atoms with Crippen molar-refractivity contribution >= 4 is 32.3 Å². The van der Waals surface area contributed by atoms with Crippen molar-refractivity contribution in [3.8, 4) is 0 Å². The molecule has 0 saturated heterocycles. The zero-order valence-electron chi connectivity index (χ0n) is 10.6. The van der Waals surface area contributed by atoms with E-state index in [0.29, 0.717) is 0 Å². The summed E-state index contributed by atoms with van der Waals surface area (Å²) in [5, 5.41) is 0.00237. The SMILES string of the molecule is CCOC(=O)c1nc(N)sc1S(=O)(=O)c1ccccc1. The molecule has 0 atom stereocenters. The number of aromatic nitrogens is 1. The van der Waals surface area contributed by atoms with Crippen LogP contribution in [0.25, 0.3) is 0 Å². The molecule has 6 nitrogen and oxygen atoms in total. The van der Waals surface area contributed by atoms with Crippen molar-refractivity contribution in [3.63, 3.8) is 0 Å². The van der Waals surface area contributed by atoms with E-state index < -0.39 is 15.8 Å². The molecule has 0 aliphatic rings. The van der Waals surface area contributed by atoms with Gasteiger partial charge in [-0.1, -0.05) is 29.5 Å². The van der Waals surface area contributed by atoms with Crippen LogP contribution in [0.4, 0.5) is 5.13 Å². The second-order valence-corrected chi connectivity index (χ2v) is 6.90. The molecule has 1 aromatic carbocycles. The monoisotopic (exact) mass is 312 g/mol. The van der Waals surface area contributed by atoms with E-state index in [1.54, 1.807) is 25.1 Å². The molecule has 0 amide bonds. The number of nitrogens with zero attached hydrogens (tertiary/aromatic N) is 1. The zero-order valence-corrected chi connectivity index (χ0v) is 12.2. The van der Waals surface area contributed by atoms with Gasteiger partial charge in [-0.15, -0.1) is 0 Å². The standard InChI is InChI=1S/C12H12N2O4S2/c1-2-18-10(15)9-11(19-12(13)14-9)20(16,17)8-6-4-3-5-7-8/h3-7H,2H2,1H3,(H2,13,14). The van der Waals surface area contributed by atoms with E-state index in [1.165, 1.54) is 12.1 Å². The third kappa shape index (κ3) is 2.66. The normalized spacial score (nSPS) is 11.2. The Balaban J connectivity index is 2.56. The van der Waals surface area contributed by atoms with Crippen LogP contribution in [0.3, 0.4) is 0 Å². The highest BCUT2D eigenvalue weighted by Crippen LogP contribution is 2.31. The predicted octanol–water partition coefficient (Wildman–Crippen LogP) is 1.73. The first-order chi connectivity index (χ1) is 9.46. The minimum Gasteiger partial charge on any atom is -0.461 e. The summed E-state index contributed by atoms with van der Waals surface area (Å²) in [6, 6.07) is 7.79. The fraction of sp³-hybridized carbons (Fsp3) is 0.167. The number of carbonyl (C=O) groups is 1. The molecular weight excluding hydrogens is 300 g/mol. The zero-order chi connectivity index (χ0) is 14.8. The average molecular weight is 312 g/mol. The molecule has 0 saturated carbocycles. The number of benzene rings is 1. The van der Waals surface area contributed by atoms with E-state index in [4.69, 9.17) is 10.5 Å². The number of anilines is 1. The molecule has 1 aromatic heterocycles. The first-order valence-corrected chi connectivity index (χ1v) is 8.00. The number of carbonyl (C=O) groups excluding carboxylic acids is 1. The van der Waals surface area contributed by atoms with Crippen LogP contribution >= 0.6 is 11.3 Å². The second-order valence-electron chi connectivity index (χ2n) is 3.73.